The Morgan fingerprint density at radius 1 is 1.08 bits per heavy atom. The van der Waals surface area contributed by atoms with E-state index >= 15 is 0 Å². The van der Waals surface area contributed by atoms with Crippen molar-refractivity contribution in [2.45, 2.75) is 71.1 Å². The van der Waals surface area contributed by atoms with Gasteiger partial charge in [-0.25, -0.2) is 0 Å². The Bertz CT molecular complexity index is 429. The zero-order valence-electron chi connectivity index (χ0n) is 17.0. The zero-order valence-corrected chi connectivity index (χ0v) is 20.1. The van der Waals surface area contributed by atoms with E-state index in [0.717, 1.165) is 19.0 Å². The van der Waals surface area contributed by atoms with Crippen LogP contribution in [0.3, 0.4) is 0 Å². The van der Waals surface area contributed by atoms with Crippen LogP contribution < -0.4 is 10.6 Å². The zero-order chi connectivity index (χ0) is 18.2. The molecule has 1 aliphatic rings. The van der Waals surface area contributed by atoms with Crippen molar-refractivity contribution in [1.82, 2.24) is 15.5 Å². The van der Waals surface area contributed by atoms with Crippen LogP contribution in [0.5, 0.6) is 0 Å². The van der Waals surface area contributed by atoms with Crippen molar-refractivity contribution in [3.05, 3.63) is 0 Å². The van der Waals surface area contributed by atoms with Gasteiger partial charge >= 0.3 is 0 Å². The molecule has 1 rings (SSSR count). The quantitative estimate of drug-likeness (QED) is 0.330. The van der Waals surface area contributed by atoms with Crippen LogP contribution in [-0.2, 0) is 10.8 Å². The molecule has 0 radical (unpaired) electrons. The third kappa shape index (κ3) is 9.56. The molecule has 25 heavy (non-hydrogen) atoms. The van der Waals surface area contributed by atoms with Crippen molar-refractivity contribution < 1.29 is 4.21 Å². The molecule has 2 N–H and O–H groups in total. The first-order valence-electron chi connectivity index (χ1n) is 9.32. The van der Waals surface area contributed by atoms with Crippen LogP contribution in [0.4, 0.5) is 0 Å². The van der Waals surface area contributed by atoms with Crippen LogP contribution in [-0.4, -0.2) is 63.8 Å². The van der Waals surface area contributed by atoms with Gasteiger partial charge in [0.2, 0.25) is 0 Å². The van der Waals surface area contributed by atoms with Gasteiger partial charge in [-0.3, -0.25) is 14.1 Å². The van der Waals surface area contributed by atoms with Crippen molar-refractivity contribution in [3.8, 4) is 0 Å². The first-order valence-corrected chi connectivity index (χ1v) is 10.6. The normalized spacial score (nSPS) is 18.4. The number of hydrogen-bond donors (Lipinski definition) is 2. The summed E-state index contributed by atoms with van der Waals surface area (Å²) in [5.41, 5.74) is 0.0804. The number of likely N-dealkylation sites (tertiary alicyclic amines) is 1. The number of nitrogens with one attached hydrogen (secondary N) is 2. The number of nitrogens with zero attached hydrogens (tertiary/aromatic N) is 2. The highest BCUT2D eigenvalue weighted by molar-refractivity contribution is 14.0. The van der Waals surface area contributed by atoms with Crippen molar-refractivity contribution in [3.63, 3.8) is 0 Å². The maximum Gasteiger partial charge on any atom is 0.191 e. The number of aliphatic imine (C=N–C) groups is 1. The molecule has 0 aromatic rings. The smallest absolute Gasteiger partial charge is 0.191 e. The molecule has 0 bridgehead atoms. The van der Waals surface area contributed by atoms with Crippen molar-refractivity contribution in [2.24, 2.45) is 4.99 Å². The topological polar surface area (TPSA) is 56.7 Å². The number of rotatable bonds is 7. The lowest BCUT2D eigenvalue weighted by atomic mass is 9.99. The van der Waals surface area contributed by atoms with Crippen molar-refractivity contribution in [1.29, 1.82) is 0 Å². The molecule has 0 aliphatic carbocycles. The summed E-state index contributed by atoms with van der Waals surface area (Å²) in [4.78, 5) is 7.33. The Morgan fingerprint density at radius 2 is 1.68 bits per heavy atom. The summed E-state index contributed by atoms with van der Waals surface area (Å²) in [6.45, 7) is 17.3. The monoisotopic (exact) mass is 486 g/mol. The van der Waals surface area contributed by atoms with E-state index < -0.39 is 10.8 Å². The van der Waals surface area contributed by atoms with Gasteiger partial charge in [-0.1, -0.05) is 6.42 Å². The van der Waals surface area contributed by atoms with E-state index in [1.54, 1.807) is 0 Å². The van der Waals surface area contributed by atoms with Crippen molar-refractivity contribution >= 4 is 40.7 Å². The lowest BCUT2D eigenvalue weighted by Gasteiger charge is -2.40. The predicted molar refractivity (Wildman–Crippen MR) is 122 cm³/mol. The number of guanidine groups is 1. The van der Waals surface area contributed by atoms with Crippen molar-refractivity contribution in [2.75, 3.05) is 38.5 Å². The molecule has 1 saturated heterocycles. The minimum atomic E-state index is -0.836. The van der Waals surface area contributed by atoms with Gasteiger partial charge in [-0.2, -0.15) is 0 Å². The second kappa shape index (κ2) is 11.7. The molecule has 0 spiro atoms. The highest BCUT2D eigenvalue weighted by Crippen LogP contribution is 2.20. The van der Waals surface area contributed by atoms with E-state index in [1.807, 2.05) is 20.8 Å². The molecule has 0 amide bonds. The lowest BCUT2D eigenvalue weighted by molar-refractivity contribution is 0.102. The average Bonchev–Trinajstić information content (AvgIpc) is 2.52. The molecule has 150 valence electrons. The molecule has 1 fully saturated rings. The van der Waals surface area contributed by atoms with E-state index in [0.29, 0.717) is 12.3 Å². The summed E-state index contributed by atoms with van der Waals surface area (Å²) in [6.07, 6.45) is 3.94. The van der Waals surface area contributed by atoms with Gasteiger partial charge in [0.05, 0.1) is 6.54 Å². The molecule has 7 heteroatoms. The molecule has 1 heterocycles. The van der Waals surface area contributed by atoms with Crippen LogP contribution in [0.1, 0.15) is 60.8 Å². The molecule has 1 unspecified atom stereocenters. The Morgan fingerprint density at radius 3 is 2.20 bits per heavy atom. The van der Waals surface area contributed by atoms with Gasteiger partial charge in [0.25, 0.3) is 0 Å². The maximum absolute atomic E-state index is 12.1. The van der Waals surface area contributed by atoms with Gasteiger partial charge in [0, 0.05) is 39.9 Å². The minimum absolute atomic E-state index is 0. The Hall–Kier alpha value is 0.110. The Balaban J connectivity index is 0.00000576. The Kier molecular flexibility index (Phi) is 11.8. The van der Waals surface area contributed by atoms with Crippen LogP contribution in [0.15, 0.2) is 4.99 Å². The molecule has 0 saturated carbocycles. The molecule has 1 atom stereocenters. The van der Waals surface area contributed by atoms with Gasteiger partial charge in [-0.05, 0) is 67.5 Å². The molecular formula is C18H39IN4OS. The minimum Gasteiger partial charge on any atom is -0.357 e. The standard InChI is InChI=1S/C18H38N4OS.HI/c1-7-19-16(20-11-14-24(23)17(2,3)4)21-15-18(5,6)22-12-9-8-10-13-22;/h7-15H2,1-6H3,(H2,19,20,21);1H. The fourth-order valence-electron chi connectivity index (χ4n) is 2.78. The van der Waals surface area contributed by atoms with E-state index in [4.69, 9.17) is 4.99 Å². The van der Waals surface area contributed by atoms with Crippen LogP contribution in [0, 0.1) is 0 Å². The predicted octanol–water partition coefficient (Wildman–Crippen LogP) is 2.97. The number of hydrogen-bond acceptors (Lipinski definition) is 3. The highest BCUT2D eigenvalue weighted by atomic mass is 127. The summed E-state index contributed by atoms with van der Waals surface area (Å²) in [5.74, 6) is 1.47. The van der Waals surface area contributed by atoms with Gasteiger partial charge in [-0.15, -0.1) is 24.0 Å². The summed E-state index contributed by atoms with van der Waals surface area (Å²) >= 11 is 0. The third-order valence-electron chi connectivity index (χ3n) is 4.44. The van der Waals surface area contributed by atoms with E-state index in [2.05, 4.69) is 36.3 Å². The van der Waals surface area contributed by atoms with E-state index in [1.165, 1.54) is 32.4 Å². The fraction of sp³-hybridized carbons (Fsp3) is 0.944. The third-order valence-corrected chi connectivity index (χ3v) is 6.38. The molecule has 5 nitrogen and oxygen atoms in total. The second-order valence-electron chi connectivity index (χ2n) is 8.14. The van der Waals surface area contributed by atoms with Gasteiger partial charge in [0.1, 0.15) is 0 Å². The van der Waals surface area contributed by atoms with Gasteiger partial charge < -0.3 is 10.6 Å². The summed E-state index contributed by atoms with van der Waals surface area (Å²) in [5, 5.41) is 6.62. The van der Waals surface area contributed by atoms with E-state index in [9.17, 15) is 4.21 Å². The first-order chi connectivity index (χ1) is 11.2. The second-order valence-corrected chi connectivity index (χ2v) is 10.5. The largest absolute Gasteiger partial charge is 0.357 e. The first kappa shape index (κ1) is 25.1. The van der Waals surface area contributed by atoms with Crippen LogP contribution in [0.25, 0.3) is 0 Å². The highest BCUT2D eigenvalue weighted by Gasteiger charge is 2.27. The van der Waals surface area contributed by atoms with Crippen LogP contribution >= 0.6 is 24.0 Å². The molecule has 1 aliphatic heterocycles. The van der Waals surface area contributed by atoms with Crippen LogP contribution in [0.2, 0.25) is 0 Å². The summed E-state index contributed by atoms with van der Waals surface area (Å²) in [6, 6.07) is 0. The molecule has 0 aromatic carbocycles. The molecule has 0 aromatic heterocycles. The fourth-order valence-corrected chi connectivity index (χ4v) is 3.68. The van der Waals surface area contributed by atoms with E-state index in [-0.39, 0.29) is 34.3 Å². The van der Waals surface area contributed by atoms with Gasteiger partial charge in [0.15, 0.2) is 5.96 Å². The lowest BCUT2D eigenvalue weighted by Crippen LogP contribution is -2.49. The SMILES string of the molecule is CCNC(=NCC(C)(C)N1CCCCC1)NCCS(=O)C(C)(C)C.I. The summed E-state index contributed by atoms with van der Waals surface area (Å²) < 4.78 is 12.0. The average molecular weight is 487 g/mol. The number of piperidine rings is 1. The Labute approximate surface area is 174 Å². The maximum atomic E-state index is 12.1. The summed E-state index contributed by atoms with van der Waals surface area (Å²) in [7, 11) is -0.836. The molecular weight excluding hydrogens is 447 g/mol. The number of halogens is 1.